The topological polar surface area (TPSA) is 96.0 Å². The van der Waals surface area contributed by atoms with Crippen molar-refractivity contribution < 1.29 is 23.9 Å². The lowest BCUT2D eigenvalue weighted by molar-refractivity contribution is -0.157. The van der Waals surface area contributed by atoms with E-state index >= 15 is 0 Å². The molecule has 8 heteroatoms. The first-order valence-electron chi connectivity index (χ1n) is 11.4. The smallest absolute Gasteiger partial charge is 0.317 e. The van der Waals surface area contributed by atoms with Gasteiger partial charge in [0.25, 0.3) is 5.91 Å². The number of hydrogen-bond acceptors (Lipinski definition) is 5. The van der Waals surface area contributed by atoms with Crippen molar-refractivity contribution in [2.75, 3.05) is 29.9 Å². The van der Waals surface area contributed by atoms with Crippen molar-refractivity contribution in [3.05, 3.63) is 60.2 Å². The third-order valence-electron chi connectivity index (χ3n) is 6.86. The van der Waals surface area contributed by atoms with Gasteiger partial charge in [0, 0.05) is 20.0 Å². The Morgan fingerprint density at radius 3 is 2.24 bits per heavy atom. The minimum Gasteiger partial charge on any atom is -0.455 e. The predicted octanol–water partition coefficient (Wildman–Crippen LogP) is 2.87. The number of piperidine rings is 1. The summed E-state index contributed by atoms with van der Waals surface area (Å²) in [5.41, 5.74) is -0.203. The maximum Gasteiger partial charge on any atom is 0.317 e. The van der Waals surface area contributed by atoms with E-state index in [0.717, 1.165) is 5.56 Å². The van der Waals surface area contributed by atoms with Crippen molar-refractivity contribution >= 4 is 35.1 Å². The Morgan fingerprint density at radius 1 is 0.971 bits per heavy atom. The molecule has 1 saturated heterocycles. The van der Waals surface area contributed by atoms with E-state index in [0.29, 0.717) is 37.3 Å². The fourth-order valence-electron chi connectivity index (χ4n) is 4.80. The zero-order valence-electron chi connectivity index (χ0n) is 19.7. The maximum atomic E-state index is 13.5. The fourth-order valence-corrected chi connectivity index (χ4v) is 4.80. The minimum absolute atomic E-state index is 0.0329. The number of ether oxygens (including phenoxy) is 1. The predicted molar refractivity (Wildman–Crippen MR) is 127 cm³/mol. The van der Waals surface area contributed by atoms with Gasteiger partial charge in [0.05, 0.1) is 16.8 Å². The van der Waals surface area contributed by atoms with E-state index in [9.17, 15) is 19.2 Å². The molecule has 0 aliphatic carbocycles. The molecule has 1 N–H and O–H groups in total. The Balaban J connectivity index is 1.56. The van der Waals surface area contributed by atoms with Crippen molar-refractivity contribution in [3.8, 4) is 0 Å². The normalized spacial score (nSPS) is 18.5. The van der Waals surface area contributed by atoms with Crippen molar-refractivity contribution in [3.63, 3.8) is 0 Å². The van der Waals surface area contributed by atoms with E-state index in [1.54, 1.807) is 43.0 Å². The van der Waals surface area contributed by atoms with Crippen LogP contribution < -0.4 is 10.2 Å². The number of benzene rings is 2. The van der Waals surface area contributed by atoms with Crippen LogP contribution in [0.3, 0.4) is 0 Å². The number of carbonyl (C=O) groups is 4. The standard InChI is InChI=1S/C26H29N3O5/c1-18(30)28-15-13-26(14-16-28,19-9-5-4-6-10-19)24(33)34-17-22(31)29-21-12-8-7-11-20(21)27-23(32)25(29,2)3/h4-12H,13-17H2,1-3H3,(H,27,32). The average Bonchev–Trinajstić information content (AvgIpc) is 2.83. The quantitative estimate of drug-likeness (QED) is 0.704. The largest absolute Gasteiger partial charge is 0.455 e. The molecule has 0 atom stereocenters. The SMILES string of the molecule is CC(=O)N1CCC(C(=O)OCC(=O)N2c3ccccc3NC(=O)C2(C)C)(c2ccccc2)CC1. The van der Waals surface area contributed by atoms with Crippen LogP contribution in [0.25, 0.3) is 0 Å². The lowest BCUT2D eigenvalue weighted by atomic mass is 9.72. The number of esters is 1. The Hall–Kier alpha value is -3.68. The van der Waals surface area contributed by atoms with Crippen molar-refractivity contribution in [1.29, 1.82) is 0 Å². The number of nitrogens with zero attached hydrogens (tertiary/aromatic N) is 2. The molecule has 3 amide bonds. The molecule has 34 heavy (non-hydrogen) atoms. The van der Waals surface area contributed by atoms with Crippen LogP contribution in [-0.2, 0) is 29.3 Å². The number of rotatable bonds is 4. The first-order chi connectivity index (χ1) is 16.2. The van der Waals surface area contributed by atoms with Crippen LogP contribution in [0.2, 0.25) is 0 Å². The summed E-state index contributed by atoms with van der Waals surface area (Å²) in [6, 6.07) is 16.4. The molecule has 0 saturated carbocycles. The molecule has 0 bridgehead atoms. The highest BCUT2D eigenvalue weighted by Crippen LogP contribution is 2.38. The zero-order valence-corrected chi connectivity index (χ0v) is 19.7. The number of carbonyl (C=O) groups excluding carboxylic acids is 4. The van der Waals surface area contributed by atoms with Gasteiger partial charge in [-0.15, -0.1) is 0 Å². The van der Waals surface area contributed by atoms with Gasteiger partial charge in [-0.05, 0) is 44.4 Å². The number of fused-ring (bicyclic) bond motifs is 1. The summed E-state index contributed by atoms with van der Waals surface area (Å²) >= 11 is 0. The molecule has 0 aromatic heterocycles. The average molecular weight is 464 g/mol. The molecule has 178 valence electrons. The second-order valence-electron chi connectivity index (χ2n) is 9.29. The van der Waals surface area contributed by atoms with Crippen LogP contribution >= 0.6 is 0 Å². The Bertz CT molecular complexity index is 1120. The van der Waals surface area contributed by atoms with Crippen molar-refractivity contribution in [1.82, 2.24) is 4.90 Å². The molecule has 2 aliphatic heterocycles. The second-order valence-corrected chi connectivity index (χ2v) is 9.29. The molecule has 2 aliphatic rings. The zero-order chi connectivity index (χ0) is 24.5. The van der Waals surface area contributed by atoms with Gasteiger partial charge in [0.1, 0.15) is 5.54 Å². The molecule has 2 aromatic carbocycles. The summed E-state index contributed by atoms with van der Waals surface area (Å²) < 4.78 is 5.63. The summed E-state index contributed by atoms with van der Waals surface area (Å²) in [7, 11) is 0. The molecular formula is C26H29N3O5. The number of anilines is 2. The first-order valence-corrected chi connectivity index (χ1v) is 11.4. The summed E-state index contributed by atoms with van der Waals surface area (Å²) in [5, 5.41) is 2.82. The van der Waals surface area contributed by atoms with Gasteiger partial charge in [-0.1, -0.05) is 42.5 Å². The minimum atomic E-state index is -1.15. The molecule has 0 spiro atoms. The highest BCUT2D eigenvalue weighted by Gasteiger charge is 2.47. The van der Waals surface area contributed by atoms with Crippen LogP contribution in [0, 0.1) is 0 Å². The summed E-state index contributed by atoms with van der Waals surface area (Å²) in [6.07, 6.45) is 0.814. The Labute approximate surface area is 198 Å². The highest BCUT2D eigenvalue weighted by atomic mass is 16.5. The van der Waals surface area contributed by atoms with Crippen molar-refractivity contribution in [2.45, 2.75) is 44.6 Å². The van der Waals surface area contributed by atoms with Gasteiger partial charge in [-0.3, -0.25) is 24.1 Å². The molecule has 2 aromatic rings. The van der Waals surface area contributed by atoms with Crippen LogP contribution in [0.1, 0.15) is 39.2 Å². The summed E-state index contributed by atoms with van der Waals surface area (Å²) in [5.74, 6) is -1.33. The number of para-hydroxylation sites is 2. The molecule has 4 rings (SSSR count). The van der Waals surface area contributed by atoms with E-state index in [-0.39, 0.29) is 11.8 Å². The summed E-state index contributed by atoms with van der Waals surface area (Å²) in [6.45, 7) is 5.19. The number of hydrogen-bond donors (Lipinski definition) is 1. The third kappa shape index (κ3) is 4.04. The van der Waals surface area contributed by atoms with Gasteiger partial charge in [-0.25, -0.2) is 0 Å². The lowest BCUT2D eigenvalue weighted by Crippen LogP contribution is -2.59. The highest BCUT2D eigenvalue weighted by molar-refractivity contribution is 6.14. The van der Waals surface area contributed by atoms with Crippen molar-refractivity contribution in [2.24, 2.45) is 0 Å². The monoisotopic (exact) mass is 463 g/mol. The van der Waals surface area contributed by atoms with Gasteiger partial charge in [0.2, 0.25) is 11.8 Å². The van der Waals surface area contributed by atoms with E-state index in [4.69, 9.17) is 4.74 Å². The number of likely N-dealkylation sites (tertiary alicyclic amines) is 1. The number of amides is 3. The van der Waals surface area contributed by atoms with Crippen LogP contribution in [0.5, 0.6) is 0 Å². The van der Waals surface area contributed by atoms with Crippen LogP contribution in [0.15, 0.2) is 54.6 Å². The Morgan fingerprint density at radius 2 is 1.59 bits per heavy atom. The molecule has 8 nitrogen and oxygen atoms in total. The van der Waals surface area contributed by atoms with Crippen LogP contribution in [0.4, 0.5) is 11.4 Å². The fraction of sp³-hybridized carbons (Fsp3) is 0.385. The van der Waals surface area contributed by atoms with E-state index in [1.807, 2.05) is 30.3 Å². The lowest BCUT2D eigenvalue weighted by Gasteiger charge is -2.42. The van der Waals surface area contributed by atoms with E-state index < -0.39 is 29.4 Å². The molecular weight excluding hydrogens is 434 g/mol. The molecule has 1 fully saturated rings. The molecule has 0 radical (unpaired) electrons. The molecule has 2 heterocycles. The Kier molecular flexibility index (Phi) is 6.17. The van der Waals surface area contributed by atoms with Gasteiger partial charge >= 0.3 is 5.97 Å². The van der Waals surface area contributed by atoms with Gasteiger partial charge in [0.15, 0.2) is 6.61 Å². The molecule has 0 unspecified atom stereocenters. The number of nitrogens with one attached hydrogen (secondary N) is 1. The summed E-state index contributed by atoms with van der Waals surface area (Å²) in [4.78, 5) is 54.4. The van der Waals surface area contributed by atoms with Crippen LogP contribution in [-0.4, -0.2) is 53.8 Å². The van der Waals surface area contributed by atoms with Gasteiger partial charge in [-0.2, -0.15) is 0 Å². The second kappa shape index (κ2) is 8.93. The third-order valence-corrected chi connectivity index (χ3v) is 6.86. The maximum absolute atomic E-state index is 13.5. The van der Waals surface area contributed by atoms with E-state index in [1.165, 1.54) is 11.8 Å². The first kappa shape index (κ1) is 23.5. The van der Waals surface area contributed by atoms with E-state index in [2.05, 4.69) is 5.32 Å². The van der Waals surface area contributed by atoms with Gasteiger partial charge < -0.3 is 15.0 Å².